The van der Waals surface area contributed by atoms with Crippen molar-refractivity contribution in [1.82, 2.24) is 5.32 Å². The summed E-state index contributed by atoms with van der Waals surface area (Å²) in [7, 11) is -0.701. The molecule has 3 nitrogen and oxygen atoms in total. The fourth-order valence-electron chi connectivity index (χ4n) is 1.91. The third-order valence-electron chi connectivity index (χ3n) is 2.93. The first-order valence-electron chi connectivity index (χ1n) is 6.18. The first-order chi connectivity index (χ1) is 8.66. The molecule has 1 aromatic carbocycles. The predicted molar refractivity (Wildman–Crippen MR) is 76.2 cm³/mol. The maximum Gasteiger partial charge on any atom is 0.134 e. The quantitative estimate of drug-likeness (QED) is 0.817. The second kappa shape index (κ2) is 6.16. The van der Waals surface area contributed by atoms with E-state index in [0.29, 0.717) is 0 Å². The Morgan fingerprint density at radius 1 is 1.39 bits per heavy atom. The fourth-order valence-corrected chi connectivity index (χ4v) is 2.46. The van der Waals surface area contributed by atoms with Gasteiger partial charge in [-0.2, -0.15) is 0 Å². The van der Waals surface area contributed by atoms with Gasteiger partial charge in [0.2, 0.25) is 0 Å². The molecule has 0 bridgehead atoms. The van der Waals surface area contributed by atoms with Gasteiger partial charge >= 0.3 is 0 Å². The third kappa shape index (κ3) is 3.43. The smallest absolute Gasteiger partial charge is 0.134 e. The first kappa shape index (κ1) is 13.3. The molecule has 2 aromatic rings. The van der Waals surface area contributed by atoms with Crippen LogP contribution in [0.4, 0.5) is 0 Å². The van der Waals surface area contributed by atoms with Crippen molar-refractivity contribution in [2.75, 3.05) is 18.6 Å². The predicted octanol–water partition coefficient (Wildman–Crippen LogP) is 2.85. The molecule has 0 aliphatic heterocycles. The van der Waals surface area contributed by atoms with E-state index in [1.165, 1.54) is 0 Å². The van der Waals surface area contributed by atoms with Crippen LogP contribution < -0.4 is 5.32 Å². The molecule has 2 rings (SSSR count). The first-order valence-corrected chi connectivity index (χ1v) is 7.91. The van der Waals surface area contributed by atoms with Crippen molar-refractivity contribution in [2.45, 2.75) is 19.4 Å². The highest BCUT2D eigenvalue weighted by Crippen LogP contribution is 2.23. The lowest BCUT2D eigenvalue weighted by molar-refractivity contribution is 0.452. The molecular weight excluding hydrogens is 246 g/mol. The van der Waals surface area contributed by atoms with Crippen molar-refractivity contribution in [3.63, 3.8) is 0 Å². The lowest BCUT2D eigenvalue weighted by atomic mass is 10.2. The lowest BCUT2D eigenvalue weighted by Crippen LogP contribution is -2.20. The van der Waals surface area contributed by atoms with E-state index in [9.17, 15) is 4.21 Å². The van der Waals surface area contributed by atoms with Gasteiger partial charge in [0.15, 0.2) is 0 Å². The Morgan fingerprint density at radius 2 is 2.17 bits per heavy atom. The van der Waals surface area contributed by atoms with Gasteiger partial charge in [-0.25, -0.2) is 0 Å². The topological polar surface area (TPSA) is 42.2 Å². The summed E-state index contributed by atoms with van der Waals surface area (Å²) < 4.78 is 16.7. The van der Waals surface area contributed by atoms with E-state index in [2.05, 4.69) is 24.4 Å². The van der Waals surface area contributed by atoms with Crippen LogP contribution in [0.1, 0.15) is 25.1 Å². The minimum atomic E-state index is -0.701. The average molecular weight is 265 g/mol. The van der Waals surface area contributed by atoms with Crippen LogP contribution in [0.2, 0.25) is 0 Å². The Hall–Kier alpha value is -1.13. The van der Waals surface area contributed by atoms with Crippen molar-refractivity contribution in [2.24, 2.45) is 0 Å². The molecule has 0 saturated carbocycles. The molecule has 18 heavy (non-hydrogen) atoms. The van der Waals surface area contributed by atoms with Crippen molar-refractivity contribution < 1.29 is 8.63 Å². The minimum absolute atomic E-state index is 0.183. The Morgan fingerprint density at radius 3 is 2.89 bits per heavy atom. The van der Waals surface area contributed by atoms with Crippen LogP contribution in [0.5, 0.6) is 0 Å². The Bertz CT molecular complexity index is 502. The standard InChI is InChI=1S/C14H19NO2S/c1-11(15-8-5-9-18(2)16)14-10-12-6-3-4-7-13(12)17-14/h3-4,6-7,10-11,15H,5,8-9H2,1-2H3. The van der Waals surface area contributed by atoms with Crippen molar-refractivity contribution in [3.8, 4) is 0 Å². The molecule has 2 unspecified atom stereocenters. The fraction of sp³-hybridized carbons (Fsp3) is 0.429. The summed E-state index contributed by atoms with van der Waals surface area (Å²) in [6.07, 6.45) is 2.66. The van der Waals surface area contributed by atoms with Gasteiger partial charge in [-0.15, -0.1) is 0 Å². The molecule has 0 spiro atoms. The summed E-state index contributed by atoms with van der Waals surface area (Å²) >= 11 is 0. The zero-order valence-electron chi connectivity index (χ0n) is 10.8. The number of benzene rings is 1. The van der Waals surface area contributed by atoms with Crippen LogP contribution >= 0.6 is 0 Å². The van der Waals surface area contributed by atoms with Gasteiger partial charge in [-0.3, -0.25) is 4.21 Å². The number of hydrogen-bond acceptors (Lipinski definition) is 3. The summed E-state index contributed by atoms with van der Waals surface area (Å²) in [6.45, 7) is 2.94. The van der Waals surface area contributed by atoms with Crippen molar-refractivity contribution in [3.05, 3.63) is 36.1 Å². The molecule has 0 radical (unpaired) electrons. The normalized spacial score (nSPS) is 14.8. The highest BCUT2D eigenvalue weighted by Gasteiger charge is 2.10. The molecule has 1 aromatic heterocycles. The van der Waals surface area contributed by atoms with Crippen LogP contribution in [0.3, 0.4) is 0 Å². The highest BCUT2D eigenvalue weighted by atomic mass is 32.2. The summed E-state index contributed by atoms with van der Waals surface area (Å²) in [5, 5.41) is 4.52. The van der Waals surface area contributed by atoms with Gasteiger partial charge in [0.1, 0.15) is 11.3 Å². The average Bonchev–Trinajstić information content (AvgIpc) is 2.78. The second-order valence-corrected chi connectivity index (χ2v) is 6.05. The zero-order chi connectivity index (χ0) is 13.0. The molecule has 0 fully saturated rings. The van der Waals surface area contributed by atoms with Crippen LogP contribution in [0.15, 0.2) is 34.7 Å². The van der Waals surface area contributed by atoms with Crippen LogP contribution in [0, 0.1) is 0 Å². The molecule has 0 saturated heterocycles. The number of para-hydroxylation sites is 1. The molecule has 1 N–H and O–H groups in total. The largest absolute Gasteiger partial charge is 0.459 e. The maximum absolute atomic E-state index is 10.9. The van der Waals surface area contributed by atoms with Crippen LogP contribution in [-0.4, -0.2) is 22.8 Å². The van der Waals surface area contributed by atoms with Crippen LogP contribution in [0.25, 0.3) is 11.0 Å². The van der Waals surface area contributed by atoms with Gasteiger partial charge < -0.3 is 9.73 Å². The molecule has 2 atom stereocenters. The summed E-state index contributed by atoms with van der Waals surface area (Å²) in [6, 6.07) is 10.3. The van der Waals surface area contributed by atoms with E-state index in [4.69, 9.17) is 4.42 Å². The Labute approximate surface area is 110 Å². The van der Waals surface area contributed by atoms with Crippen LogP contribution in [-0.2, 0) is 10.8 Å². The zero-order valence-corrected chi connectivity index (χ0v) is 11.6. The van der Waals surface area contributed by atoms with Gasteiger partial charge in [0.05, 0.1) is 6.04 Å². The number of fused-ring (bicyclic) bond motifs is 1. The van der Waals surface area contributed by atoms with E-state index in [1.54, 1.807) is 6.26 Å². The Balaban J connectivity index is 1.92. The number of nitrogens with one attached hydrogen (secondary N) is 1. The molecule has 0 amide bonds. The maximum atomic E-state index is 10.9. The summed E-state index contributed by atoms with van der Waals surface area (Å²) in [4.78, 5) is 0. The van der Waals surface area contributed by atoms with E-state index in [0.717, 1.165) is 35.4 Å². The highest BCUT2D eigenvalue weighted by molar-refractivity contribution is 7.84. The molecule has 0 aliphatic carbocycles. The van der Waals surface area contributed by atoms with Gasteiger partial charge in [0.25, 0.3) is 0 Å². The van der Waals surface area contributed by atoms with E-state index in [-0.39, 0.29) is 6.04 Å². The van der Waals surface area contributed by atoms with Gasteiger partial charge in [-0.1, -0.05) is 18.2 Å². The van der Waals surface area contributed by atoms with E-state index >= 15 is 0 Å². The number of rotatable bonds is 6. The molecule has 4 heteroatoms. The summed E-state index contributed by atoms with van der Waals surface area (Å²) in [5.41, 5.74) is 0.927. The SMILES string of the molecule is CC(NCCCS(C)=O)c1cc2ccccc2o1. The van der Waals surface area contributed by atoms with Gasteiger partial charge in [-0.05, 0) is 32.0 Å². The van der Waals surface area contributed by atoms with Crippen molar-refractivity contribution >= 4 is 21.8 Å². The van der Waals surface area contributed by atoms with E-state index in [1.807, 2.05) is 18.2 Å². The number of furan rings is 1. The molecule has 1 heterocycles. The lowest BCUT2D eigenvalue weighted by Gasteiger charge is -2.10. The van der Waals surface area contributed by atoms with Crippen molar-refractivity contribution in [1.29, 1.82) is 0 Å². The monoisotopic (exact) mass is 265 g/mol. The van der Waals surface area contributed by atoms with E-state index < -0.39 is 10.8 Å². The Kier molecular flexibility index (Phi) is 4.55. The van der Waals surface area contributed by atoms with Gasteiger partial charge in [0, 0.05) is 28.2 Å². The molecular formula is C14H19NO2S. The molecule has 98 valence electrons. The number of hydrogen-bond donors (Lipinski definition) is 1. The molecule has 0 aliphatic rings. The second-order valence-electron chi connectivity index (χ2n) is 4.49. The minimum Gasteiger partial charge on any atom is -0.459 e. The summed E-state index contributed by atoms with van der Waals surface area (Å²) in [5.74, 6) is 1.70. The third-order valence-corrected chi connectivity index (χ3v) is 3.79.